The van der Waals surface area contributed by atoms with Gasteiger partial charge in [0.25, 0.3) is 0 Å². The molecule has 2 saturated carbocycles. The minimum Gasteiger partial charge on any atom is -0.325 e. The summed E-state index contributed by atoms with van der Waals surface area (Å²) in [6.07, 6.45) is 14.4. The first-order chi connectivity index (χ1) is 6.78. The smallest absolute Gasteiger partial charge is 0.0188 e. The second kappa shape index (κ2) is 3.10. The van der Waals surface area contributed by atoms with E-state index in [0.29, 0.717) is 0 Å². The van der Waals surface area contributed by atoms with Crippen LogP contribution in [0, 0.1) is 17.8 Å². The van der Waals surface area contributed by atoms with Gasteiger partial charge in [0.2, 0.25) is 0 Å². The maximum absolute atomic E-state index is 6.62. The number of hydrogen-bond donors (Lipinski definition) is 1. The van der Waals surface area contributed by atoms with Crippen LogP contribution in [0.5, 0.6) is 0 Å². The molecular formula is C13H21N. The van der Waals surface area contributed by atoms with Gasteiger partial charge in [0.15, 0.2) is 0 Å². The first-order valence-electron chi connectivity index (χ1n) is 6.25. The Bertz CT molecular complexity index is 250. The summed E-state index contributed by atoms with van der Waals surface area (Å²) in [6, 6.07) is 0. The molecule has 3 atom stereocenters. The summed E-state index contributed by atoms with van der Waals surface area (Å²) < 4.78 is 0. The van der Waals surface area contributed by atoms with Gasteiger partial charge < -0.3 is 5.73 Å². The number of rotatable bonds is 1. The summed E-state index contributed by atoms with van der Waals surface area (Å²) >= 11 is 0. The maximum Gasteiger partial charge on any atom is 0.0188 e. The fourth-order valence-electron chi connectivity index (χ4n) is 4.02. The molecule has 0 aromatic heterocycles. The zero-order valence-corrected chi connectivity index (χ0v) is 8.91. The highest BCUT2D eigenvalue weighted by Gasteiger charge is 2.46. The molecule has 0 heterocycles. The Kier molecular flexibility index (Phi) is 1.98. The summed E-state index contributed by atoms with van der Waals surface area (Å²) in [5, 5.41) is 0. The van der Waals surface area contributed by atoms with Crippen LogP contribution in [-0.2, 0) is 0 Å². The van der Waals surface area contributed by atoms with Crippen LogP contribution < -0.4 is 5.73 Å². The molecule has 0 amide bonds. The Morgan fingerprint density at radius 1 is 1.00 bits per heavy atom. The molecule has 0 aromatic rings. The van der Waals surface area contributed by atoms with E-state index in [1.807, 2.05) is 0 Å². The zero-order chi connectivity index (χ0) is 9.60. The second-order valence-corrected chi connectivity index (χ2v) is 5.68. The summed E-state index contributed by atoms with van der Waals surface area (Å²) in [5.74, 6) is 2.54. The standard InChI is InChI=1S/C13H21N/c14-13(6-2-1-3-7-13)12-9-10-4-5-11(12)8-10/h4-5,10-12H,1-3,6-9,14H2. The molecule has 0 aliphatic heterocycles. The van der Waals surface area contributed by atoms with Crippen LogP contribution in [0.15, 0.2) is 12.2 Å². The summed E-state index contributed by atoms with van der Waals surface area (Å²) in [5.41, 5.74) is 6.83. The Morgan fingerprint density at radius 3 is 2.36 bits per heavy atom. The Balaban J connectivity index is 1.78. The first kappa shape index (κ1) is 8.96. The SMILES string of the molecule is NC1(C2CC3C=CC2C3)CCCCC1. The molecule has 14 heavy (non-hydrogen) atoms. The second-order valence-electron chi connectivity index (χ2n) is 5.68. The van der Waals surface area contributed by atoms with Gasteiger partial charge in [-0.25, -0.2) is 0 Å². The fraction of sp³-hybridized carbons (Fsp3) is 0.846. The molecule has 2 N–H and O–H groups in total. The third kappa shape index (κ3) is 1.25. The van der Waals surface area contributed by atoms with Crippen molar-refractivity contribution < 1.29 is 0 Å². The molecular weight excluding hydrogens is 170 g/mol. The van der Waals surface area contributed by atoms with Gasteiger partial charge in [-0.1, -0.05) is 31.4 Å². The predicted molar refractivity (Wildman–Crippen MR) is 58.8 cm³/mol. The largest absolute Gasteiger partial charge is 0.325 e. The van der Waals surface area contributed by atoms with Crippen LogP contribution in [0.4, 0.5) is 0 Å². The van der Waals surface area contributed by atoms with E-state index >= 15 is 0 Å². The van der Waals surface area contributed by atoms with Crippen molar-refractivity contribution in [1.29, 1.82) is 0 Å². The van der Waals surface area contributed by atoms with Gasteiger partial charge in [-0.3, -0.25) is 0 Å². The molecule has 0 spiro atoms. The van der Waals surface area contributed by atoms with Crippen molar-refractivity contribution in [2.45, 2.75) is 50.5 Å². The van der Waals surface area contributed by atoms with Crippen LogP contribution >= 0.6 is 0 Å². The van der Waals surface area contributed by atoms with E-state index in [1.165, 1.54) is 44.9 Å². The van der Waals surface area contributed by atoms with Gasteiger partial charge in [0, 0.05) is 5.54 Å². The summed E-state index contributed by atoms with van der Waals surface area (Å²) in [6.45, 7) is 0. The molecule has 3 aliphatic carbocycles. The summed E-state index contributed by atoms with van der Waals surface area (Å²) in [7, 11) is 0. The molecule has 1 nitrogen and oxygen atoms in total. The van der Waals surface area contributed by atoms with Gasteiger partial charge >= 0.3 is 0 Å². The topological polar surface area (TPSA) is 26.0 Å². The molecule has 0 saturated heterocycles. The highest BCUT2D eigenvalue weighted by molar-refractivity contribution is 5.15. The highest BCUT2D eigenvalue weighted by atomic mass is 14.8. The number of hydrogen-bond acceptors (Lipinski definition) is 1. The van der Waals surface area contributed by atoms with Crippen LogP contribution in [-0.4, -0.2) is 5.54 Å². The molecule has 0 aromatic carbocycles. The molecule has 2 fully saturated rings. The van der Waals surface area contributed by atoms with Crippen LogP contribution in [0.3, 0.4) is 0 Å². The maximum atomic E-state index is 6.62. The highest BCUT2D eigenvalue weighted by Crippen LogP contribution is 2.50. The van der Waals surface area contributed by atoms with Gasteiger partial charge in [0.05, 0.1) is 0 Å². The van der Waals surface area contributed by atoms with E-state index in [1.54, 1.807) is 0 Å². The number of nitrogens with two attached hydrogens (primary N) is 1. The minimum atomic E-state index is 0.211. The van der Waals surface area contributed by atoms with Crippen molar-refractivity contribution in [3.8, 4) is 0 Å². The first-order valence-corrected chi connectivity index (χ1v) is 6.25. The quantitative estimate of drug-likeness (QED) is 0.634. The molecule has 2 bridgehead atoms. The average molecular weight is 191 g/mol. The van der Waals surface area contributed by atoms with E-state index in [4.69, 9.17) is 5.73 Å². The number of fused-ring (bicyclic) bond motifs is 2. The Labute approximate surface area is 86.8 Å². The molecule has 78 valence electrons. The lowest BCUT2D eigenvalue weighted by molar-refractivity contribution is 0.171. The van der Waals surface area contributed by atoms with E-state index in [-0.39, 0.29) is 5.54 Å². The van der Waals surface area contributed by atoms with Crippen LogP contribution in [0.1, 0.15) is 44.9 Å². The van der Waals surface area contributed by atoms with Crippen LogP contribution in [0.25, 0.3) is 0 Å². The fourth-order valence-corrected chi connectivity index (χ4v) is 4.02. The molecule has 3 rings (SSSR count). The zero-order valence-electron chi connectivity index (χ0n) is 8.91. The van der Waals surface area contributed by atoms with E-state index in [2.05, 4.69) is 12.2 Å². The lowest BCUT2D eigenvalue weighted by Gasteiger charge is -2.41. The molecule has 3 unspecified atom stereocenters. The monoisotopic (exact) mass is 191 g/mol. The summed E-state index contributed by atoms with van der Waals surface area (Å²) in [4.78, 5) is 0. The minimum absolute atomic E-state index is 0.211. The molecule has 0 radical (unpaired) electrons. The molecule has 3 aliphatic rings. The van der Waals surface area contributed by atoms with Crippen molar-refractivity contribution in [3.05, 3.63) is 12.2 Å². The van der Waals surface area contributed by atoms with Crippen molar-refractivity contribution in [2.75, 3.05) is 0 Å². The van der Waals surface area contributed by atoms with Gasteiger partial charge in [-0.15, -0.1) is 0 Å². The van der Waals surface area contributed by atoms with Crippen molar-refractivity contribution in [2.24, 2.45) is 23.5 Å². The normalized spacial score (nSPS) is 44.5. The lowest BCUT2D eigenvalue weighted by Crippen LogP contribution is -2.50. The number of allylic oxidation sites excluding steroid dienone is 2. The van der Waals surface area contributed by atoms with Crippen molar-refractivity contribution >= 4 is 0 Å². The predicted octanol–water partition coefficient (Wildman–Crippen LogP) is 2.86. The van der Waals surface area contributed by atoms with E-state index in [9.17, 15) is 0 Å². The van der Waals surface area contributed by atoms with Crippen molar-refractivity contribution in [1.82, 2.24) is 0 Å². The van der Waals surface area contributed by atoms with E-state index < -0.39 is 0 Å². The van der Waals surface area contributed by atoms with Gasteiger partial charge in [-0.2, -0.15) is 0 Å². The molecule has 1 heteroatoms. The van der Waals surface area contributed by atoms with Gasteiger partial charge in [-0.05, 0) is 43.4 Å². The van der Waals surface area contributed by atoms with Crippen LogP contribution in [0.2, 0.25) is 0 Å². The van der Waals surface area contributed by atoms with E-state index in [0.717, 1.165) is 17.8 Å². The third-order valence-electron chi connectivity index (χ3n) is 4.80. The Morgan fingerprint density at radius 2 is 1.79 bits per heavy atom. The lowest BCUT2D eigenvalue weighted by atomic mass is 9.69. The third-order valence-corrected chi connectivity index (χ3v) is 4.80. The van der Waals surface area contributed by atoms with Crippen molar-refractivity contribution in [3.63, 3.8) is 0 Å². The Hall–Kier alpha value is -0.300. The van der Waals surface area contributed by atoms with Gasteiger partial charge in [0.1, 0.15) is 0 Å². The average Bonchev–Trinajstić information content (AvgIpc) is 2.80.